The Morgan fingerprint density at radius 1 is 1.37 bits per heavy atom. The van der Waals surface area contributed by atoms with Gasteiger partial charge in [0.15, 0.2) is 0 Å². The summed E-state index contributed by atoms with van der Waals surface area (Å²) in [6, 6.07) is 5.92. The van der Waals surface area contributed by atoms with E-state index in [0.717, 1.165) is 5.56 Å². The fourth-order valence-corrected chi connectivity index (χ4v) is 3.96. The zero-order chi connectivity index (χ0) is 19.3. The number of carboxylic acid groups (broad SMARTS) is 1. The molecule has 0 amide bonds. The number of aryl methyl sites for hydroxylation is 2. The number of carboxylic acids is 1. The molecule has 1 aliphatic carbocycles. The molecule has 2 aromatic rings. The molecule has 1 aromatic carbocycles. The monoisotopic (exact) mass is 362 g/mol. The van der Waals surface area contributed by atoms with Crippen molar-refractivity contribution in [1.29, 1.82) is 0 Å². The molecule has 1 saturated carbocycles. The van der Waals surface area contributed by atoms with Gasteiger partial charge < -0.3 is 5.11 Å². The first kappa shape index (κ1) is 17.5. The molecule has 0 bridgehead atoms. The first-order valence-corrected chi connectivity index (χ1v) is 9.21. The predicted molar refractivity (Wildman–Crippen MR) is 105 cm³/mol. The van der Waals surface area contributed by atoms with E-state index in [9.17, 15) is 14.7 Å². The number of aliphatic carboxylic acids is 1. The number of fused-ring (bicyclic) bond motifs is 3. The standard InChI is InChI=1S/C22H22N2O3/c1-4-16-17(8-7-15-6-5-13(2)11-14(15)3)23-19-9-10-22(21(26)27)12-18(22)24(19)20(16)25/h5-11,18H,4,12H2,1-3H3,(H,26,27)/b8-7+. The zero-order valence-electron chi connectivity index (χ0n) is 15.7. The van der Waals surface area contributed by atoms with Crippen LogP contribution >= 0.6 is 0 Å². The second-order valence-electron chi connectivity index (χ2n) is 7.45. The number of nitrogens with zero attached hydrogens (tertiary/aromatic N) is 2. The van der Waals surface area contributed by atoms with Crippen LogP contribution in [0.5, 0.6) is 0 Å². The Morgan fingerprint density at radius 2 is 2.15 bits per heavy atom. The summed E-state index contributed by atoms with van der Waals surface area (Å²) >= 11 is 0. The molecule has 5 nitrogen and oxygen atoms in total. The fraction of sp³-hybridized carbons (Fsp3) is 0.318. The highest BCUT2D eigenvalue weighted by Gasteiger charge is 2.62. The van der Waals surface area contributed by atoms with E-state index in [0.29, 0.717) is 29.9 Å². The lowest BCUT2D eigenvalue weighted by Crippen LogP contribution is -2.32. The molecule has 0 radical (unpaired) electrons. The first-order valence-electron chi connectivity index (χ1n) is 9.21. The summed E-state index contributed by atoms with van der Waals surface area (Å²) in [6.07, 6.45) is 8.23. The molecular formula is C22H22N2O3. The van der Waals surface area contributed by atoms with Crippen molar-refractivity contribution < 1.29 is 9.90 Å². The zero-order valence-corrected chi connectivity index (χ0v) is 15.7. The second-order valence-corrected chi connectivity index (χ2v) is 7.45. The lowest BCUT2D eigenvalue weighted by molar-refractivity contribution is -0.141. The highest BCUT2D eigenvalue weighted by molar-refractivity contribution is 5.84. The molecule has 1 aliphatic heterocycles. The van der Waals surface area contributed by atoms with Crippen LogP contribution < -0.4 is 5.56 Å². The SMILES string of the molecule is CCc1c(/C=C/c2ccc(C)cc2C)nc2n(c1=O)C1CC1(C(=O)O)C=C2. The Hall–Kier alpha value is -2.95. The third-order valence-electron chi connectivity index (χ3n) is 5.67. The summed E-state index contributed by atoms with van der Waals surface area (Å²) in [4.78, 5) is 29.3. The highest BCUT2D eigenvalue weighted by atomic mass is 16.4. The molecule has 4 rings (SSSR count). The Labute approximate surface area is 157 Å². The molecule has 2 atom stereocenters. The predicted octanol–water partition coefficient (Wildman–Crippen LogP) is 3.64. The van der Waals surface area contributed by atoms with Crippen LogP contribution in [0.3, 0.4) is 0 Å². The van der Waals surface area contributed by atoms with E-state index in [1.165, 1.54) is 11.1 Å². The van der Waals surface area contributed by atoms with Gasteiger partial charge in [-0.25, -0.2) is 4.98 Å². The minimum atomic E-state index is -0.931. The smallest absolute Gasteiger partial charge is 0.315 e. The van der Waals surface area contributed by atoms with Crippen molar-refractivity contribution in [1.82, 2.24) is 9.55 Å². The van der Waals surface area contributed by atoms with Gasteiger partial charge in [-0.2, -0.15) is 0 Å². The van der Waals surface area contributed by atoms with Crippen LogP contribution in [0.25, 0.3) is 18.2 Å². The molecule has 1 aromatic heterocycles. The number of benzene rings is 1. The van der Waals surface area contributed by atoms with Gasteiger partial charge >= 0.3 is 5.97 Å². The van der Waals surface area contributed by atoms with Crippen LogP contribution in [0.1, 0.15) is 53.2 Å². The molecule has 2 aliphatic rings. The molecular weight excluding hydrogens is 340 g/mol. The van der Waals surface area contributed by atoms with Crippen LogP contribution in [0.15, 0.2) is 29.1 Å². The van der Waals surface area contributed by atoms with Gasteiger partial charge in [0.25, 0.3) is 5.56 Å². The third-order valence-corrected chi connectivity index (χ3v) is 5.67. The van der Waals surface area contributed by atoms with Crippen molar-refractivity contribution in [3.05, 3.63) is 68.4 Å². The summed E-state index contributed by atoms with van der Waals surface area (Å²) in [6.45, 7) is 6.04. The summed E-state index contributed by atoms with van der Waals surface area (Å²) in [7, 11) is 0. The molecule has 0 spiro atoms. The fourth-order valence-electron chi connectivity index (χ4n) is 3.96. The van der Waals surface area contributed by atoms with Crippen LogP contribution in [-0.4, -0.2) is 20.6 Å². The van der Waals surface area contributed by atoms with E-state index in [1.54, 1.807) is 16.7 Å². The van der Waals surface area contributed by atoms with Gasteiger partial charge in [-0.1, -0.05) is 42.8 Å². The van der Waals surface area contributed by atoms with Crippen LogP contribution in [0.4, 0.5) is 0 Å². The molecule has 138 valence electrons. The summed E-state index contributed by atoms with van der Waals surface area (Å²) < 4.78 is 1.57. The molecule has 27 heavy (non-hydrogen) atoms. The van der Waals surface area contributed by atoms with Crippen LogP contribution in [-0.2, 0) is 11.2 Å². The minimum Gasteiger partial charge on any atom is -0.481 e. The molecule has 2 unspecified atom stereocenters. The van der Waals surface area contributed by atoms with Crippen molar-refractivity contribution in [2.45, 2.75) is 39.7 Å². The maximum absolute atomic E-state index is 13.1. The second kappa shape index (κ2) is 6.05. The molecule has 2 heterocycles. The van der Waals surface area contributed by atoms with Gasteiger partial charge in [-0.15, -0.1) is 0 Å². The number of hydrogen-bond donors (Lipinski definition) is 1. The van der Waals surface area contributed by atoms with Crippen molar-refractivity contribution in [2.24, 2.45) is 5.41 Å². The maximum atomic E-state index is 13.1. The van der Waals surface area contributed by atoms with Gasteiger partial charge in [0.2, 0.25) is 0 Å². The maximum Gasteiger partial charge on any atom is 0.315 e. The summed E-state index contributed by atoms with van der Waals surface area (Å²) in [5, 5.41) is 9.49. The highest BCUT2D eigenvalue weighted by Crippen LogP contribution is 2.59. The Balaban J connectivity index is 1.78. The van der Waals surface area contributed by atoms with Gasteiger partial charge in [0.1, 0.15) is 11.2 Å². The first-order chi connectivity index (χ1) is 12.9. The average Bonchev–Trinajstić information content (AvgIpc) is 3.37. The van der Waals surface area contributed by atoms with Gasteiger partial charge in [0.05, 0.1) is 11.7 Å². The Morgan fingerprint density at radius 3 is 2.81 bits per heavy atom. The van der Waals surface area contributed by atoms with Crippen molar-refractivity contribution in [3.63, 3.8) is 0 Å². The number of rotatable bonds is 4. The van der Waals surface area contributed by atoms with Gasteiger partial charge in [0, 0.05) is 5.56 Å². The molecule has 1 N–H and O–H groups in total. The van der Waals surface area contributed by atoms with Crippen molar-refractivity contribution in [3.8, 4) is 0 Å². The largest absolute Gasteiger partial charge is 0.481 e. The number of aromatic nitrogens is 2. The summed E-state index contributed by atoms with van der Waals surface area (Å²) in [5.41, 5.74) is 3.69. The van der Waals surface area contributed by atoms with E-state index in [2.05, 4.69) is 37.0 Å². The molecule has 0 saturated heterocycles. The van der Waals surface area contributed by atoms with Crippen LogP contribution in [0.2, 0.25) is 0 Å². The van der Waals surface area contributed by atoms with Crippen LogP contribution in [0, 0.1) is 19.3 Å². The lowest BCUT2D eigenvalue weighted by atomic mass is 10.0. The van der Waals surface area contributed by atoms with E-state index in [1.807, 2.05) is 19.1 Å². The van der Waals surface area contributed by atoms with E-state index in [-0.39, 0.29) is 11.6 Å². The third kappa shape index (κ3) is 2.65. The van der Waals surface area contributed by atoms with E-state index >= 15 is 0 Å². The minimum absolute atomic E-state index is 0.125. The van der Waals surface area contributed by atoms with E-state index < -0.39 is 11.4 Å². The van der Waals surface area contributed by atoms with Crippen molar-refractivity contribution >= 4 is 24.2 Å². The normalized spacial score (nSPS) is 22.6. The topological polar surface area (TPSA) is 72.2 Å². The van der Waals surface area contributed by atoms with Gasteiger partial charge in [-0.3, -0.25) is 14.2 Å². The average molecular weight is 362 g/mol. The lowest BCUT2D eigenvalue weighted by Gasteiger charge is -2.19. The Kier molecular flexibility index (Phi) is 3.91. The van der Waals surface area contributed by atoms with Gasteiger partial charge in [-0.05, 0) is 50.0 Å². The number of hydrogen-bond acceptors (Lipinski definition) is 3. The Bertz CT molecular complexity index is 1080. The van der Waals surface area contributed by atoms with Crippen molar-refractivity contribution in [2.75, 3.05) is 0 Å². The summed E-state index contributed by atoms with van der Waals surface area (Å²) in [5.74, 6) is -0.338. The number of carbonyl (C=O) groups is 1. The molecule has 5 heteroatoms. The quantitative estimate of drug-likeness (QED) is 0.901. The molecule has 1 fully saturated rings. The van der Waals surface area contributed by atoms with E-state index in [4.69, 9.17) is 0 Å².